The van der Waals surface area contributed by atoms with Crippen LogP contribution < -0.4 is 16.6 Å². The Morgan fingerprint density at radius 3 is 1.56 bits per heavy atom. The quantitative estimate of drug-likeness (QED) is 0.467. The number of halogens is 6. The first kappa shape index (κ1) is 14.3. The molecule has 16 heavy (non-hydrogen) atoms. The van der Waals surface area contributed by atoms with Crippen LogP contribution in [-0.4, -0.2) is 24.3 Å². The van der Waals surface area contributed by atoms with Gasteiger partial charge in [-0.3, -0.25) is 10.2 Å². The summed E-state index contributed by atoms with van der Waals surface area (Å²) in [7, 11) is 0. The molecule has 0 aliphatic rings. The Morgan fingerprint density at radius 2 is 1.31 bits per heavy atom. The second-order valence-corrected chi connectivity index (χ2v) is 2.49. The van der Waals surface area contributed by atoms with Crippen molar-refractivity contribution < 1.29 is 35.9 Å². The Bertz CT molecular complexity index is 271. The number of hydrogen-bond donors (Lipinski definition) is 3. The van der Waals surface area contributed by atoms with Gasteiger partial charge in [-0.15, -0.1) is 0 Å². The van der Waals surface area contributed by atoms with Crippen LogP contribution in [0.3, 0.4) is 0 Å². The van der Waals surface area contributed by atoms with Gasteiger partial charge in [0.15, 0.2) is 0 Å². The molecule has 94 valence electrons. The molecule has 0 rings (SSSR count). The molecule has 0 saturated heterocycles. The van der Waals surface area contributed by atoms with Crippen LogP contribution in [0.4, 0.5) is 31.1 Å². The lowest BCUT2D eigenvalue weighted by Crippen LogP contribution is -2.53. The molecule has 0 radical (unpaired) electrons. The molecule has 3 amide bonds. The van der Waals surface area contributed by atoms with Crippen molar-refractivity contribution in [2.45, 2.75) is 12.4 Å². The van der Waals surface area contributed by atoms with Crippen LogP contribution in [0.15, 0.2) is 0 Å². The molecule has 0 aliphatic carbocycles. The number of nitrogens with two attached hydrogens (primary N) is 1. The zero-order chi connectivity index (χ0) is 13.1. The molecule has 0 aromatic rings. The van der Waals surface area contributed by atoms with E-state index in [1.165, 1.54) is 0 Å². The van der Waals surface area contributed by atoms with E-state index < -0.39 is 30.2 Å². The second-order valence-electron chi connectivity index (χ2n) is 2.49. The van der Waals surface area contributed by atoms with Gasteiger partial charge in [-0.25, -0.2) is 10.2 Å². The van der Waals surface area contributed by atoms with Crippen LogP contribution in [0.25, 0.3) is 0 Å². The first-order valence-electron chi connectivity index (χ1n) is 3.45. The predicted molar refractivity (Wildman–Crippen MR) is 36.5 cm³/mol. The van der Waals surface area contributed by atoms with Crippen molar-refractivity contribution in [1.82, 2.24) is 10.9 Å². The van der Waals surface area contributed by atoms with E-state index in [4.69, 9.17) is 0 Å². The molecule has 5 nitrogen and oxygen atoms in total. The lowest BCUT2D eigenvalue weighted by atomic mass is 10.1. The summed E-state index contributed by atoms with van der Waals surface area (Å²) >= 11 is 0. The summed E-state index contributed by atoms with van der Waals surface area (Å²) in [4.78, 5) is 20.5. The molecule has 11 heteroatoms. The maximum atomic E-state index is 11.9. The minimum atomic E-state index is -5.82. The molecular formula is C5H5F6N3O2. The number of primary amides is 1. The third-order valence-electron chi connectivity index (χ3n) is 1.23. The molecule has 0 atom stereocenters. The Hall–Kier alpha value is -1.68. The lowest BCUT2D eigenvalue weighted by Gasteiger charge is -2.21. The minimum Gasteiger partial charge on any atom is -0.350 e. The number of urea groups is 1. The highest BCUT2D eigenvalue weighted by molar-refractivity contribution is 5.83. The van der Waals surface area contributed by atoms with Crippen LogP contribution in [0.2, 0.25) is 0 Å². The van der Waals surface area contributed by atoms with E-state index in [0.29, 0.717) is 0 Å². The lowest BCUT2D eigenvalue weighted by molar-refractivity contribution is -0.274. The van der Waals surface area contributed by atoms with Crippen molar-refractivity contribution in [1.29, 1.82) is 0 Å². The zero-order valence-electron chi connectivity index (χ0n) is 7.24. The topological polar surface area (TPSA) is 84.2 Å². The SMILES string of the molecule is NC(=O)NNC(=O)C(C(F)(F)F)C(F)(F)F. The molecular weight excluding hydrogens is 248 g/mol. The molecule has 0 saturated carbocycles. The average molecular weight is 253 g/mol. The number of carbonyl (C=O) groups is 2. The number of nitrogens with one attached hydrogen (secondary N) is 2. The number of alkyl halides is 6. The average Bonchev–Trinajstić information content (AvgIpc) is 1.94. The molecule has 0 spiro atoms. The van der Waals surface area contributed by atoms with Gasteiger partial charge in [-0.2, -0.15) is 26.3 Å². The molecule has 0 unspecified atom stereocenters. The van der Waals surface area contributed by atoms with Crippen LogP contribution in [0.5, 0.6) is 0 Å². The molecule has 0 fully saturated rings. The third-order valence-corrected chi connectivity index (χ3v) is 1.23. The predicted octanol–water partition coefficient (Wildman–Crippen LogP) is 0.427. The van der Waals surface area contributed by atoms with E-state index in [9.17, 15) is 35.9 Å². The summed E-state index contributed by atoms with van der Waals surface area (Å²) in [6.07, 6.45) is -11.6. The summed E-state index contributed by atoms with van der Waals surface area (Å²) in [6.45, 7) is 0. The van der Waals surface area contributed by atoms with Gasteiger partial charge < -0.3 is 5.73 Å². The van der Waals surface area contributed by atoms with Crippen LogP contribution >= 0.6 is 0 Å². The summed E-state index contributed by atoms with van der Waals surface area (Å²) in [6, 6.07) is -1.50. The van der Waals surface area contributed by atoms with Crippen molar-refractivity contribution >= 4 is 11.9 Å². The monoisotopic (exact) mass is 253 g/mol. The molecule has 0 bridgehead atoms. The first-order chi connectivity index (χ1) is 6.96. The summed E-state index contributed by atoms with van der Waals surface area (Å²) in [5.41, 5.74) is 6.33. The fourth-order valence-corrected chi connectivity index (χ4v) is 0.678. The Labute approximate surface area is 83.9 Å². The van der Waals surface area contributed by atoms with Crippen molar-refractivity contribution in [2.24, 2.45) is 11.7 Å². The van der Waals surface area contributed by atoms with Gasteiger partial charge in [0.2, 0.25) is 5.92 Å². The van der Waals surface area contributed by atoms with E-state index in [1.807, 2.05) is 0 Å². The fourth-order valence-electron chi connectivity index (χ4n) is 0.678. The highest BCUT2D eigenvalue weighted by atomic mass is 19.4. The van der Waals surface area contributed by atoms with Crippen molar-refractivity contribution in [3.63, 3.8) is 0 Å². The Morgan fingerprint density at radius 1 is 0.938 bits per heavy atom. The van der Waals surface area contributed by atoms with Crippen molar-refractivity contribution in [3.05, 3.63) is 0 Å². The maximum absolute atomic E-state index is 11.9. The van der Waals surface area contributed by atoms with Gasteiger partial charge in [-0.05, 0) is 0 Å². The number of hydrazine groups is 1. The minimum absolute atomic E-state index is 0.892. The molecule has 0 aromatic carbocycles. The van der Waals surface area contributed by atoms with Crippen molar-refractivity contribution in [3.8, 4) is 0 Å². The van der Waals surface area contributed by atoms with E-state index in [2.05, 4.69) is 5.73 Å². The number of amides is 3. The summed E-state index contributed by atoms with van der Waals surface area (Å²) in [5.74, 6) is -6.70. The van der Waals surface area contributed by atoms with Crippen LogP contribution in [0, 0.1) is 5.92 Å². The van der Waals surface area contributed by atoms with Gasteiger partial charge >= 0.3 is 18.4 Å². The standard InChI is InChI=1S/C5H5F6N3O2/c6-4(7,8)1(5(9,10)11)2(15)13-14-3(12)16/h1H,(H,13,15)(H3,12,14,16). The second kappa shape index (κ2) is 4.45. The molecule has 0 heterocycles. The molecule has 4 N–H and O–H groups in total. The van der Waals surface area contributed by atoms with E-state index in [-0.39, 0.29) is 0 Å². The van der Waals surface area contributed by atoms with E-state index in [0.717, 1.165) is 10.9 Å². The number of hydrogen-bond acceptors (Lipinski definition) is 2. The fraction of sp³-hybridized carbons (Fsp3) is 0.600. The van der Waals surface area contributed by atoms with Crippen LogP contribution in [-0.2, 0) is 4.79 Å². The highest BCUT2D eigenvalue weighted by Crippen LogP contribution is 2.39. The summed E-state index contributed by atoms with van der Waals surface area (Å²) < 4.78 is 71.2. The largest absolute Gasteiger partial charge is 0.409 e. The van der Waals surface area contributed by atoms with Gasteiger partial charge in [0.25, 0.3) is 5.91 Å². The van der Waals surface area contributed by atoms with E-state index >= 15 is 0 Å². The zero-order valence-corrected chi connectivity index (χ0v) is 7.24. The molecule has 0 aromatic heterocycles. The van der Waals surface area contributed by atoms with Crippen molar-refractivity contribution in [2.75, 3.05) is 0 Å². The van der Waals surface area contributed by atoms with E-state index in [1.54, 1.807) is 0 Å². The van der Waals surface area contributed by atoms with Gasteiger partial charge in [0.05, 0.1) is 0 Å². The Balaban J connectivity index is 4.80. The highest BCUT2D eigenvalue weighted by Gasteiger charge is 2.61. The first-order valence-corrected chi connectivity index (χ1v) is 3.45. The van der Waals surface area contributed by atoms with Gasteiger partial charge in [0.1, 0.15) is 0 Å². The third kappa shape index (κ3) is 4.23. The van der Waals surface area contributed by atoms with Crippen LogP contribution in [0.1, 0.15) is 0 Å². The summed E-state index contributed by atoms with van der Waals surface area (Å²) in [5, 5.41) is 0. The normalized spacial score (nSPS) is 12.4. The maximum Gasteiger partial charge on any atom is 0.409 e. The molecule has 0 aliphatic heterocycles. The number of rotatable bonds is 1. The van der Waals surface area contributed by atoms with Gasteiger partial charge in [0, 0.05) is 0 Å². The smallest absolute Gasteiger partial charge is 0.350 e. The Kier molecular flexibility index (Phi) is 3.98. The number of carbonyl (C=O) groups excluding carboxylic acids is 2. The van der Waals surface area contributed by atoms with Gasteiger partial charge in [-0.1, -0.05) is 0 Å².